The number of anilines is 1. The molecule has 0 aliphatic carbocycles. The van der Waals surface area contributed by atoms with Crippen molar-refractivity contribution >= 4 is 40.7 Å². The summed E-state index contributed by atoms with van der Waals surface area (Å²) in [7, 11) is 0. The van der Waals surface area contributed by atoms with Crippen molar-refractivity contribution in [2.75, 3.05) is 18.1 Å². The van der Waals surface area contributed by atoms with Crippen LogP contribution in [0.3, 0.4) is 0 Å². The molecule has 2 amide bonds. The molecule has 5 nitrogen and oxygen atoms in total. The number of rotatable bonds is 5. The number of hydrogen-bond donors (Lipinski definition) is 1. The Morgan fingerprint density at radius 3 is 2.73 bits per heavy atom. The van der Waals surface area contributed by atoms with Gasteiger partial charge in [-0.2, -0.15) is 0 Å². The number of fused-ring (bicyclic) bond motifs is 1. The fourth-order valence-corrected chi connectivity index (χ4v) is 3.55. The first-order valence-corrected chi connectivity index (χ1v) is 8.90. The summed E-state index contributed by atoms with van der Waals surface area (Å²) in [6, 6.07) is 9.99. The first-order valence-electron chi connectivity index (χ1n) is 8.14. The van der Waals surface area contributed by atoms with Crippen molar-refractivity contribution < 1.29 is 14.3 Å². The quantitative estimate of drug-likeness (QED) is 0.838. The van der Waals surface area contributed by atoms with Gasteiger partial charge in [-0.1, -0.05) is 41.4 Å². The molecule has 1 aliphatic rings. The number of amides is 2. The Hall–Kier alpha value is -2.24. The molecule has 0 radical (unpaired) electrons. The molecule has 0 bridgehead atoms. The standard InChI is InChI=1S/C19H18Cl2N2O3/c1-11-4-3-5-14-17(22-12(2)24)19(25)23(18(11)14)8-9-26-16-7-6-13(20)10-15(16)21/h3-7,10,17H,8-9H2,1-2H3,(H,22,24)/t17-/m0/s1. The Balaban J connectivity index is 1.77. The van der Waals surface area contributed by atoms with Gasteiger partial charge in [0.1, 0.15) is 18.4 Å². The molecule has 1 heterocycles. The first-order chi connectivity index (χ1) is 12.4. The van der Waals surface area contributed by atoms with Gasteiger partial charge in [0.25, 0.3) is 5.91 Å². The van der Waals surface area contributed by atoms with Crippen LogP contribution in [0, 0.1) is 6.92 Å². The number of benzene rings is 2. The molecule has 0 fully saturated rings. The van der Waals surface area contributed by atoms with E-state index in [1.54, 1.807) is 23.1 Å². The maximum atomic E-state index is 12.8. The van der Waals surface area contributed by atoms with E-state index in [1.807, 2.05) is 25.1 Å². The third-order valence-corrected chi connectivity index (χ3v) is 4.71. The zero-order valence-electron chi connectivity index (χ0n) is 14.4. The van der Waals surface area contributed by atoms with Crippen molar-refractivity contribution in [2.24, 2.45) is 0 Å². The molecule has 0 saturated heterocycles. The van der Waals surface area contributed by atoms with Gasteiger partial charge >= 0.3 is 0 Å². The van der Waals surface area contributed by atoms with Crippen LogP contribution in [0.1, 0.15) is 24.1 Å². The largest absolute Gasteiger partial charge is 0.490 e. The highest BCUT2D eigenvalue weighted by molar-refractivity contribution is 6.35. The number of ether oxygens (including phenoxy) is 1. The number of aryl methyl sites for hydroxylation is 1. The van der Waals surface area contributed by atoms with E-state index < -0.39 is 6.04 Å². The van der Waals surface area contributed by atoms with Gasteiger partial charge in [-0.15, -0.1) is 0 Å². The first kappa shape index (κ1) is 18.5. The van der Waals surface area contributed by atoms with Gasteiger partial charge in [0.15, 0.2) is 0 Å². The van der Waals surface area contributed by atoms with Crippen molar-refractivity contribution in [1.29, 1.82) is 0 Å². The van der Waals surface area contributed by atoms with E-state index in [9.17, 15) is 9.59 Å². The second-order valence-corrected chi connectivity index (χ2v) is 6.90. The van der Waals surface area contributed by atoms with Crippen LogP contribution in [0.25, 0.3) is 0 Å². The SMILES string of the molecule is CC(=O)N[C@@H]1C(=O)N(CCOc2ccc(Cl)cc2Cl)c2c(C)cccc21. The van der Waals surface area contributed by atoms with Crippen LogP contribution in [-0.2, 0) is 9.59 Å². The molecular formula is C19H18Cl2N2O3. The van der Waals surface area contributed by atoms with Crippen LogP contribution >= 0.6 is 23.2 Å². The highest BCUT2D eigenvalue weighted by Gasteiger charge is 2.38. The topological polar surface area (TPSA) is 58.6 Å². The maximum absolute atomic E-state index is 12.8. The molecule has 7 heteroatoms. The Morgan fingerprint density at radius 2 is 2.04 bits per heavy atom. The number of para-hydroxylation sites is 1. The molecule has 2 aromatic carbocycles. The molecule has 1 N–H and O–H groups in total. The van der Waals surface area contributed by atoms with E-state index in [0.717, 1.165) is 16.8 Å². The molecule has 2 aromatic rings. The third-order valence-electron chi connectivity index (χ3n) is 4.18. The fraction of sp³-hybridized carbons (Fsp3) is 0.263. The van der Waals surface area contributed by atoms with Crippen molar-refractivity contribution in [1.82, 2.24) is 5.32 Å². The van der Waals surface area contributed by atoms with Crippen molar-refractivity contribution in [3.63, 3.8) is 0 Å². The highest BCUT2D eigenvalue weighted by atomic mass is 35.5. The average molecular weight is 393 g/mol. The van der Waals surface area contributed by atoms with Crippen LogP contribution in [0.15, 0.2) is 36.4 Å². The fourth-order valence-electron chi connectivity index (χ4n) is 3.09. The number of hydrogen-bond acceptors (Lipinski definition) is 3. The lowest BCUT2D eigenvalue weighted by molar-refractivity contribution is -0.126. The zero-order chi connectivity index (χ0) is 18.8. The molecule has 1 aliphatic heterocycles. The number of nitrogens with one attached hydrogen (secondary N) is 1. The molecule has 0 saturated carbocycles. The molecule has 3 rings (SSSR count). The minimum atomic E-state index is -0.665. The molecule has 0 unspecified atom stereocenters. The molecule has 0 spiro atoms. The van der Waals surface area contributed by atoms with Crippen LogP contribution < -0.4 is 15.0 Å². The Morgan fingerprint density at radius 1 is 1.27 bits per heavy atom. The molecule has 26 heavy (non-hydrogen) atoms. The Labute approximate surface area is 161 Å². The van der Waals surface area contributed by atoms with E-state index in [2.05, 4.69) is 5.32 Å². The molecular weight excluding hydrogens is 375 g/mol. The van der Waals surface area contributed by atoms with Gasteiger partial charge in [-0.3, -0.25) is 9.59 Å². The van der Waals surface area contributed by atoms with E-state index in [-0.39, 0.29) is 18.4 Å². The van der Waals surface area contributed by atoms with Gasteiger partial charge in [-0.25, -0.2) is 0 Å². The van der Waals surface area contributed by atoms with Crippen LogP contribution in [0.2, 0.25) is 10.0 Å². The lowest BCUT2D eigenvalue weighted by atomic mass is 10.1. The summed E-state index contributed by atoms with van der Waals surface area (Å²) >= 11 is 12.0. The predicted molar refractivity (Wildman–Crippen MR) is 102 cm³/mol. The lowest BCUT2D eigenvalue weighted by Gasteiger charge is -2.20. The van der Waals surface area contributed by atoms with Crippen molar-refractivity contribution in [2.45, 2.75) is 19.9 Å². The smallest absolute Gasteiger partial charge is 0.254 e. The van der Waals surface area contributed by atoms with Gasteiger partial charge in [0.05, 0.1) is 17.3 Å². The van der Waals surface area contributed by atoms with Crippen molar-refractivity contribution in [3.8, 4) is 5.75 Å². The van der Waals surface area contributed by atoms with E-state index in [4.69, 9.17) is 27.9 Å². The van der Waals surface area contributed by atoms with Gasteiger partial charge in [-0.05, 0) is 30.7 Å². The number of halogens is 2. The minimum absolute atomic E-state index is 0.171. The number of carbonyl (C=O) groups is 2. The summed E-state index contributed by atoms with van der Waals surface area (Å²) in [6.45, 7) is 3.93. The molecule has 0 aromatic heterocycles. The minimum Gasteiger partial charge on any atom is -0.490 e. The molecule has 1 atom stereocenters. The van der Waals surface area contributed by atoms with Gasteiger partial charge < -0.3 is 15.0 Å². The monoisotopic (exact) mass is 392 g/mol. The highest BCUT2D eigenvalue weighted by Crippen LogP contribution is 2.38. The van der Waals surface area contributed by atoms with E-state index in [0.29, 0.717) is 22.3 Å². The lowest BCUT2D eigenvalue weighted by Crippen LogP contribution is -2.38. The summed E-state index contributed by atoms with van der Waals surface area (Å²) in [6.07, 6.45) is 0. The summed E-state index contributed by atoms with van der Waals surface area (Å²) in [5.41, 5.74) is 2.59. The normalized spacial score (nSPS) is 15.8. The zero-order valence-corrected chi connectivity index (χ0v) is 15.9. The van der Waals surface area contributed by atoms with E-state index >= 15 is 0 Å². The number of carbonyl (C=O) groups excluding carboxylic acids is 2. The summed E-state index contributed by atoms with van der Waals surface area (Å²) in [5.74, 6) is 0.0864. The summed E-state index contributed by atoms with van der Waals surface area (Å²) < 4.78 is 5.70. The van der Waals surface area contributed by atoms with Crippen molar-refractivity contribution in [3.05, 3.63) is 57.6 Å². The van der Waals surface area contributed by atoms with Crippen LogP contribution in [0.4, 0.5) is 5.69 Å². The van der Waals surface area contributed by atoms with Gasteiger partial charge in [0.2, 0.25) is 5.91 Å². The van der Waals surface area contributed by atoms with Gasteiger partial charge in [0, 0.05) is 17.5 Å². The van der Waals surface area contributed by atoms with Crippen LogP contribution in [0.5, 0.6) is 5.75 Å². The second kappa shape index (κ2) is 7.56. The molecule has 136 valence electrons. The van der Waals surface area contributed by atoms with Crippen LogP contribution in [-0.4, -0.2) is 25.0 Å². The third kappa shape index (κ3) is 3.64. The Bertz CT molecular complexity index is 870. The summed E-state index contributed by atoms with van der Waals surface area (Å²) in [4.78, 5) is 25.9. The number of nitrogens with zero attached hydrogens (tertiary/aromatic N) is 1. The van der Waals surface area contributed by atoms with E-state index in [1.165, 1.54) is 6.92 Å². The average Bonchev–Trinajstić information content (AvgIpc) is 2.83. The second-order valence-electron chi connectivity index (χ2n) is 6.06. The maximum Gasteiger partial charge on any atom is 0.254 e. The summed E-state index contributed by atoms with van der Waals surface area (Å²) in [5, 5.41) is 3.66. The predicted octanol–water partition coefficient (Wildman–Crippen LogP) is 3.90. The Kier molecular flexibility index (Phi) is 5.39.